The van der Waals surface area contributed by atoms with E-state index in [1.54, 1.807) is 24.3 Å². The zero-order valence-corrected chi connectivity index (χ0v) is 16.6. The van der Waals surface area contributed by atoms with Gasteiger partial charge in [-0.1, -0.05) is 44.7 Å². The number of carbonyl (C=O) groups excluding carboxylic acids is 2. The summed E-state index contributed by atoms with van der Waals surface area (Å²) in [7, 11) is 0. The van der Waals surface area contributed by atoms with Gasteiger partial charge in [-0.15, -0.1) is 0 Å². The zero-order chi connectivity index (χ0) is 19.8. The van der Waals surface area contributed by atoms with Crippen LogP contribution in [0.2, 0.25) is 0 Å². The molecule has 1 aliphatic carbocycles. The molecule has 0 spiro atoms. The second-order valence-corrected chi connectivity index (χ2v) is 7.48. The first-order valence-electron chi connectivity index (χ1n) is 10.4. The third-order valence-corrected chi connectivity index (χ3v) is 5.36. The summed E-state index contributed by atoms with van der Waals surface area (Å²) in [4.78, 5) is 24.4. The quantitative estimate of drug-likeness (QED) is 0.478. The lowest BCUT2D eigenvalue weighted by atomic mass is 9.84. The number of amides is 1. The van der Waals surface area contributed by atoms with Gasteiger partial charge < -0.3 is 10.1 Å². The Bertz CT molecular complexity index is 775. The first-order chi connectivity index (χ1) is 13.7. The number of carbonyl (C=O) groups is 2. The monoisotopic (exact) mass is 379 g/mol. The fourth-order valence-corrected chi connectivity index (χ4v) is 3.63. The van der Waals surface area contributed by atoms with Gasteiger partial charge in [0.2, 0.25) is 0 Å². The van der Waals surface area contributed by atoms with Gasteiger partial charge >= 0.3 is 5.97 Å². The van der Waals surface area contributed by atoms with Crippen molar-refractivity contribution < 1.29 is 14.3 Å². The van der Waals surface area contributed by atoms with Gasteiger partial charge in [-0.3, -0.25) is 4.79 Å². The molecule has 1 fully saturated rings. The van der Waals surface area contributed by atoms with Crippen LogP contribution in [0.25, 0.3) is 0 Å². The van der Waals surface area contributed by atoms with Gasteiger partial charge in [0.1, 0.15) is 0 Å². The highest BCUT2D eigenvalue weighted by Gasteiger charge is 2.16. The van der Waals surface area contributed by atoms with E-state index in [0.29, 0.717) is 29.3 Å². The van der Waals surface area contributed by atoms with Crippen molar-refractivity contribution >= 4 is 17.6 Å². The van der Waals surface area contributed by atoms with Gasteiger partial charge in [-0.2, -0.15) is 0 Å². The van der Waals surface area contributed by atoms with Crippen molar-refractivity contribution in [2.45, 2.75) is 57.8 Å². The average Bonchev–Trinajstić information content (AvgIpc) is 2.75. The summed E-state index contributed by atoms with van der Waals surface area (Å²) in [5, 5.41) is 2.88. The molecule has 28 heavy (non-hydrogen) atoms. The Morgan fingerprint density at radius 2 is 1.57 bits per heavy atom. The van der Waals surface area contributed by atoms with E-state index in [2.05, 4.69) is 24.4 Å². The van der Waals surface area contributed by atoms with E-state index >= 15 is 0 Å². The maximum absolute atomic E-state index is 12.5. The van der Waals surface area contributed by atoms with Crippen molar-refractivity contribution in [1.29, 1.82) is 0 Å². The van der Waals surface area contributed by atoms with Crippen LogP contribution in [0.5, 0.6) is 0 Å². The summed E-state index contributed by atoms with van der Waals surface area (Å²) >= 11 is 0. The first-order valence-corrected chi connectivity index (χ1v) is 10.4. The smallest absolute Gasteiger partial charge is 0.338 e. The molecule has 1 amide bonds. The summed E-state index contributed by atoms with van der Waals surface area (Å²) in [6, 6.07) is 14.8. The van der Waals surface area contributed by atoms with Gasteiger partial charge in [-0.25, -0.2) is 4.79 Å². The van der Waals surface area contributed by atoms with Crippen molar-refractivity contribution in [3.05, 3.63) is 65.2 Å². The standard InChI is InChI=1S/C24H29NO3/c1-2-3-17-28-24(27)21-13-15-22(16-14-21)25-23(26)20-11-9-19(10-12-20)18-7-5-4-6-8-18/h9-16,18H,2-8,17H2,1H3,(H,25,26). The maximum atomic E-state index is 12.5. The van der Waals surface area contributed by atoms with Crippen LogP contribution in [0, 0.1) is 0 Å². The molecule has 0 aromatic heterocycles. The molecular formula is C24H29NO3. The van der Waals surface area contributed by atoms with E-state index in [1.165, 1.54) is 37.7 Å². The summed E-state index contributed by atoms with van der Waals surface area (Å²) < 4.78 is 5.19. The molecule has 2 aromatic rings. The Balaban J connectivity index is 1.56. The highest BCUT2D eigenvalue weighted by atomic mass is 16.5. The van der Waals surface area contributed by atoms with Crippen molar-refractivity contribution in [1.82, 2.24) is 0 Å². The average molecular weight is 380 g/mol. The number of hydrogen-bond donors (Lipinski definition) is 1. The third-order valence-electron chi connectivity index (χ3n) is 5.36. The molecule has 0 aliphatic heterocycles. The second-order valence-electron chi connectivity index (χ2n) is 7.48. The topological polar surface area (TPSA) is 55.4 Å². The number of benzene rings is 2. The van der Waals surface area contributed by atoms with Crippen LogP contribution < -0.4 is 5.32 Å². The predicted octanol–water partition coefficient (Wildman–Crippen LogP) is 5.94. The number of hydrogen-bond acceptors (Lipinski definition) is 3. The highest BCUT2D eigenvalue weighted by molar-refractivity contribution is 6.04. The molecule has 1 N–H and O–H groups in total. The van der Waals surface area contributed by atoms with Gasteiger partial charge in [0.25, 0.3) is 5.91 Å². The lowest BCUT2D eigenvalue weighted by Crippen LogP contribution is -2.13. The Kier molecular flexibility index (Phi) is 7.24. The molecule has 0 unspecified atom stereocenters. The van der Waals surface area contributed by atoms with Crippen LogP contribution in [0.15, 0.2) is 48.5 Å². The van der Waals surface area contributed by atoms with Crippen molar-refractivity contribution in [2.24, 2.45) is 0 Å². The minimum atomic E-state index is -0.329. The summed E-state index contributed by atoms with van der Waals surface area (Å²) in [5.41, 5.74) is 3.13. The van der Waals surface area contributed by atoms with E-state index in [0.717, 1.165) is 12.8 Å². The van der Waals surface area contributed by atoms with Gasteiger partial charge in [-0.05, 0) is 67.1 Å². The van der Waals surface area contributed by atoms with Crippen LogP contribution in [-0.4, -0.2) is 18.5 Å². The van der Waals surface area contributed by atoms with Gasteiger partial charge in [0, 0.05) is 11.3 Å². The van der Waals surface area contributed by atoms with E-state index in [1.807, 2.05) is 12.1 Å². The maximum Gasteiger partial charge on any atom is 0.338 e. The minimum Gasteiger partial charge on any atom is -0.462 e. The Morgan fingerprint density at radius 3 is 2.21 bits per heavy atom. The number of rotatable bonds is 7. The van der Waals surface area contributed by atoms with E-state index in [9.17, 15) is 9.59 Å². The molecule has 4 heteroatoms. The molecule has 2 aromatic carbocycles. The second kappa shape index (κ2) is 10.1. The molecule has 0 atom stereocenters. The van der Waals surface area contributed by atoms with Gasteiger partial charge in [0.15, 0.2) is 0 Å². The minimum absolute atomic E-state index is 0.145. The van der Waals surface area contributed by atoms with E-state index in [-0.39, 0.29) is 11.9 Å². The molecular weight excluding hydrogens is 350 g/mol. The van der Waals surface area contributed by atoms with Crippen molar-refractivity contribution in [3.63, 3.8) is 0 Å². The third kappa shape index (κ3) is 5.44. The molecule has 3 rings (SSSR count). The largest absolute Gasteiger partial charge is 0.462 e. The number of anilines is 1. The lowest BCUT2D eigenvalue weighted by Gasteiger charge is -2.22. The fraction of sp³-hybridized carbons (Fsp3) is 0.417. The van der Waals surface area contributed by atoms with Gasteiger partial charge in [0.05, 0.1) is 12.2 Å². The summed E-state index contributed by atoms with van der Waals surface area (Å²) in [5.74, 6) is 0.161. The van der Waals surface area contributed by atoms with Crippen LogP contribution >= 0.6 is 0 Å². The van der Waals surface area contributed by atoms with Crippen LogP contribution in [-0.2, 0) is 4.74 Å². The summed E-state index contributed by atoms with van der Waals surface area (Å²) in [6.45, 7) is 2.49. The Morgan fingerprint density at radius 1 is 0.929 bits per heavy atom. The normalized spacial score (nSPS) is 14.5. The number of esters is 1. The molecule has 0 heterocycles. The Labute approximate surface area is 167 Å². The number of unbranched alkanes of at least 4 members (excludes halogenated alkanes) is 1. The molecule has 148 valence electrons. The van der Waals surface area contributed by atoms with Crippen LogP contribution in [0.4, 0.5) is 5.69 Å². The number of ether oxygens (including phenoxy) is 1. The summed E-state index contributed by atoms with van der Waals surface area (Å²) in [6.07, 6.45) is 8.28. The van der Waals surface area contributed by atoms with Crippen LogP contribution in [0.3, 0.4) is 0 Å². The highest BCUT2D eigenvalue weighted by Crippen LogP contribution is 2.32. The molecule has 0 radical (unpaired) electrons. The first kappa shape index (κ1) is 20.1. The molecule has 0 saturated heterocycles. The molecule has 0 bridgehead atoms. The number of nitrogens with one attached hydrogen (secondary N) is 1. The van der Waals surface area contributed by atoms with E-state index in [4.69, 9.17) is 4.74 Å². The SMILES string of the molecule is CCCCOC(=O)c1ccc(NC(=O)c2ccc(C3CCCCC3)cc2)cc1. The van der Waals surface area contributed by atoms with Crippen LogP contribution in [0.1, 0.15) is 84.1 Å². The lowest BCUT2D eigenvalue weighted by molar-refractivity contribution is 0.0499. The molecule has 1 aliphatic rings. The van der Waals surface area contributed by atoms with Crippen molar-refractivity contribution in [3.8, 4) is 0 Å². The van der Waals surface area contributed by atoms with E-state index < -0.39 is 0 Å². The Hall–Kier alpha value is -2.62. The predicted molar refractivity (Wildman–Crippen MR) is 112 cm³/mol. The zero-order valence-electron chi connectivity index (χ0n) is 16.6. The molecule has 4 nitrogen and oxygen atoms in total. The molecule has 1 saturated carbocycles. The van der Waals surface area contributed by atoms with Crippen molar-refractivity contribution in [2.75, 3.05) is 11.9 Å². The fourth-order valence-electron chi connectivity index (χ4n) is 3.63.